The Morgan fingerprint density at radius 1 is 1.16 bits per heavy atom. The van der Waals surface area contributed by atoms with Crippen LogP contribution in [0, 0.1) is 12.7 Å². The fourth-order valence-electron chi connectivity index (χ4n) is 2.24. The van der Waals surface area contributed by atoms with Gasteiger partial charge in [0.05, 0.1) is 5.56 Å². The number of halogens is 1. The molecule has 0 saturated heterocycles. The van der Waals surface area contributed by atoms with Crippen molar-refractivity contribution >= 4 is 11.9 Å². The van der Waals surface area contributed by atoms with Crippen LogP contribution in [0.4, 0.5) is 4.39 Å². The number of fused-ring (bicyclic) bond motifs is 1. The van der Waals surface area contributed by atoms with Gasteiger partial charge in [-0.15, -0.1) is 0 Å². The summed E-state index contributed by atoms with van der Waals surface area (Å²) in [6.07, 6.45) is 0. The summed E-state index contributed by atoms with van der Waals surface area (Å²) in [5, 5.41) is 2.63. The van der Waals surface area contributed by atoms with E-state index in [2.05, 4.69) is 5.32 Å². The second-order valence-corrected chi connectivity index (χ2v) is 5.50. The van der Waals surface area contributed by atoms with Crippen LogP contribution in [-0.4, -0.2) is 25.3 Å². The van der Waals surface area contributed by atoms with E-state index in [9.17, 15) is 14.0 Å². The number of carbonyl (C=O) groups excluding carboxylic acids is 2. The van der Waals surface area contributed by atoms with Gasteiger partial charge in [0.15, 0.2) is 18.1 Å². The highest BCUT2D eigenvalue weighted by atomic mass is 19.1. The molecule has 0 bridgehead atoms. The molecule has 0 spiro atoms. The van der Waals surface area contributed by atoms with Crippen LogP contribution in [-0.2, 0) is 16.1 Å². The Morgan fingerprint density at radius 3 is 2.76 bits per heavy atom. The van der Waals surface area contributed by atoms with Gasteiger partial charge in [-0.05, 0) is 42.3 Å². The minimum absolute atomic E-state index is 0.0617. The summed E-state index contributed by atoms with van der Waals surface area (Å²) in [7, 11) is 0. The number of ether oxygens (including phenoxy) is 3. The molecule has 2 aromatic carbocycles. The molecule has 1 heterocycles. The molecule has 25 heavy (non-hydrogen) atoms. The van der Waals surface area contributed by atoms with Crippen LogP contribution in [0.25, 0.3) is 0 Å². The molecule has 130 valence electrons. The fourth-order valence-corrected chi connectivity index (χ4v) is 2.24. The summed E-state index contributed by atoms with van der Waals surface area (Å²) in [5.41, 5.74) is 1.31. The molecule has 3 rings (SSSR count). The summed E-state index contributed by atoms with van der Waals surface area (Å²) in [4.78, 5) is 23.6. The largest absolute Gasteiger partial charge is 0.454 e. The molecule has 0 atom stereocenters. The first-order valence-electron chi connectivity index (χ1n) is 7.61. The van der Waals surface area contributed by atoms with Gasteiger partial charge in [0.2, 0.25) is 6.79 Å². The number of nitrogens with one attached hydrogen (secondary N) is 1. The maximum absolute atomic E-state index is 13.4. The monoisotopic (exact) mass is 345 g/mol. The Hall–Kier alpha value is -3.09. The summed E-state index contributed by atoms with van der Waals surface area (Å²) >= 11 is 0. The van der Waals surface area contributed by atoms with Gasteiger partial charge in [0.25, 0.3) is 5.91 Å². The quantitative estimate of drug-likeness (QED) is 0.842. The Morgan fingerprint density at radius 2 is 1.96 bits per heavy atom. The van der Waals surface area contributed by atoms with E-state index >= 15 is 0 Å². The van der Waals surface area contributed by atoms with Crippen LogP contribution >= 0.6 is 0 Å². The lowest BCUT2D eigenvalue weighted by Gasteiger charge is -2.08. The molecule has 7 heteroatoms. The lowest BCUT2D eigenvalue weighted by atomic mass is 10.1. The average Bonchev–Trinajstić information content (AvgIpc) is 3.08. The van der Waals surface area contributed by atoms with E-state index in [0.29, 0.717) is 17.1 Å². The summed E-state index contributed by atoms with van der Waals surface area (Å²) < 4.78 is 28.8. The smallest absolute Gasteiger partial charge is 0.338 e. The molecule has 6 nitrogen and oxygen atoms in total. The van der Waals surface area contributed by atoms with Crippen LogP contribution in [0.3, 0.4) is 0 Å². The van der Waals surface area contributed by atoms with Gasteiger partial charge in [-0.1, -0.05) is 12.1 Å². The van der Waals surface area contributed by atoms with Crippen molar-refractivity contribution in [3.8, 4) is 11.5 Å². The van der Waals surface area contributed by atoms with Gasteiger partial charge in [0, 0.05) is 6.54 Å². The highest BCUT2D eigenvalue weighted by molar-refractivity contribution is 5.91. The number of esters is 1. The molecule has 0 fully saturated rings. The number of carbonyl (C=O) groups is 2. The van der Waals surface area contributed by atoms with Gasteiger partial charge in [-0.25, -0.2) is 9.18 Å². The lowest BCUT2D eigenvalue weighted by molar-refractivity contribution is -0.124. The molecule has 1 amide bonds. The third-order valence-corrected chi connectivity index (χ3v) is 3.67. The van der Waals surface area contributed by atoms with Crippen molar-refractivity contribution in [1.29, 1.82) is 0 Å². The van der Waals surface area contributed by atoms with Crippen LogP contribution < -0.4 is 14.8 Å². The van der Waals surface area contributed by atoms with Gasteiger partial charge in [0.1, 0.15) is 5.82 Å². The summed E-state index contributed by atoms with van der Waals surface area (Å²) in [5.74, 6) is -0.425. The van der Waals surface area contributed by atoms with Crippen molar-refractivity contribution in [1.82, 2.24) is 5.32 Å². The number of hydrogen-bond donors (Lipinski definition) is 1. The zero-order valence-electron chi connectivity index (χ0n) is 13.5. The topological polar surface area (TPSA) is 73.9 Å². The van der Waals surface area contributed by atoms with Gasteiger partial charge >= 0.3 is 5.97 Å². The molecule has 2 aromatic rings. The fraction of sp³-hybridized carbons (Fsp3) is 0.222. The first kappa shape index (κ1) is 16.8. The van der Waals surface area contributed by atoms with Gasteiger partial charge in [-0.2, -0.15) is 0 Å². The van der Waals surface area contributed by atoms with E-state index in [1.54, 1.807) is 25.1 Å². The third-order valence-electron chi connectivity index (χ3n) is 3.67. The lowest BCUT2D eigenvalue weighted by Crippen LogP contribution is -2.28. The molecule has 1 aliphatic heterocycles. The Bertz CT molecular complexity index is 821. The van der Waals surface area contributed by atoms with E-state index in [1.807, 2.05) is 0 Å². The number of amides is 1. The van der Waals surface area contributed by atoms with Crippen LogP contribution in [0.5, 0.6) is 11.5 Å². The van der Waals surface area contributed by atoms with E-state index < -0.39 is 24.3 Å². The second kappa shape index (κ2) is 7.21. The molecular weight excluding hydrogens is 329 g/mol. The molecule has 1 aliphatic rings. The van der Waals surface area contributed by atoms with Crippen molar-refractivity contribution in [2.45, 2.75) is 13.5 Å². The van der Waals surface area contributed by atoms with Crippen molar-refractivity contribution < 1.29 is 28.2 Å². The second-order valence-electron chi connectivity index (χ2n) is 5.50. The van der Waals surface area contributed by atoms with Crippen molar-refractivity contribution in [3.05, 3.63) is 58.9 Å². The maximum atomic E-state index is 13.4. The molecule has 0 saturated carbocycles. The van der Waals surface area contributed by atoms with Gasteiger partial charge < -0.3 is 19.5 Å². The Balaban J connectivity index is 1.47. The summed E-state index contributed by atoms with van der Waals surface area (Å²) in [6.45, 7) is 1.58. The molecule has 0 radical (unpaired) electrons. The number of aryl methyl sites for hydroxylation is 1. The van der Waals surface area contributed by atoms with Gasteiger partial charge in [-0.3, -0.25) is 4.79 Å². The van der Waals surface area contributed by atoms with E-state index in [1.165, 1.54) is 12.1 Å². The zero-order valence-corrected chi connectivity index (χ0v) is 13.5. The zero-order chi connectivity index (χ0) is 17.8. The number of benzene rings is 2. The minimum atomic E-state index is -0.753. The minimum Gasteiger partial charge on any atom is -0.454 e. The van der Waals surface area contributed by atoms with E-state index in [4.69, 9.17) is 14.2 Å². The van der Waals surface area contributed by atoms with Crippen molar-refractivity contribution in [3.63, 3.8) is 0 Å². The van der Waals surface area contributed by atoms with E-state index in [0.717, 1.165) is 11.6 Å². The average molecular weight is 345 g/mol. The Kier molecular flexibility index (Phi) is 4.83. The third kappa shape index (κ3) is 4.06. The van der Waals surface area contributed by atoms with Crippen LogP contribution in [0.2, 0.25) is 0 Å². The van der Waals surface area contributed by atoms with E-state index in [-0.39, 0.29) is 18.9 Å². The molecule has 0 aromatic heterocycles. The van der Waals surface area contributed by atoms with Crippen LogP contribution in [0.1, 0.15) is 21.5 Å². The first-order chi connectivity index (χ1) is 12.0. The van der Waals surface area contributed by atoms with Crippen molar-refractivity contribution in [2.75, 3.05) is 13.4 Å². The predicted octanol–water partition coefficient (Wildman–Crippen LogP) is 2.34. The maximum Gasteiger partial charge on any atom is 0.338 e. The Labute approximate surface area is 143 Å². The molecule has 0 aliphatic carbocycles. The highest BCUT2D eigenvalue weighted by Crippen LogP contribution is 2.32. The molecule has 0 unspecified atom stereocenters. The summed E-state index contributed by atoms with van der Waals surface area (Å²) in [6, 6.07) is 9.34. The van der Waals surface area contributed by atoms with Crippen LogP contribution in [0.15, 0.2) is 36.4 Å². The molecule has 1 N–H and O–H groups in total. The molecular formula is C18H16FNO5. The van der Waals surface area contributed by atoms with Crippen molar-refractivity contribution in [2.24, 2.45) is 0 Å². The number of rotatable bonds is 5. The predicted molar refractivity (Wildman–Crippen MR) is 85.8 cm³/mol. The SMILES string of the molecule is Cc1ccc(C(=O)OCC(=O)NCc2ccc3c(c2)OCO3)cc1F. The standard InChI is InChI=1S/C18H16FNO5/c1-11-2-4-13(7-14(11)19)18(22)23-9-17(21)20-8-12-3-5-15-16(6-12)25-10-24-15/h2-7H,8-10H2,1H3,(H,20,21). The normalized spacial score (nSPS) is 11.9. The first-order valence-corrected chi connectivity index (χ1v) is 7.61. The highest BCUT2D eigenvalue weighted by Gasteiger charge is 2.14. The number of hydrogen-bond acceptors (Lipinski definition) is 5.